The average molecular weight is 260 g/mol. The maximum absolute atomic E-state index is 10.3. The van der Waals surface area contributed by atoms with Gasteiger partial charge in [-0.1, -0.05) is 38.1 Å². The molecule has 1 aromatic heterocycles. The topological polar surface area (TPSA) is 20.2 Å². The molecule has 2 rings (SSSR count). The number of rotatable bonds is 4. The first kappa shape index (κ1) is 13.3. The largest absolute Gasteiger partial charge is 0.384 e. The van der Waals surface area contributed by atoms with E-state index in [0.717, 1.165) is 17.5 Å². The fourth-order valence-corrected chi connectivity index (χ4v) is 3.01. The van der Waals surface area contributed by atoms with Crippen molar-refractivity contribution in [3.05, 3.63) is 57.3 Å². The third-order valence-electron chi connectivity index (χ3n) is 3.13. The van der Waals surface area contributed by atoms with Crippen molar-refractivity contribution in [3.8, 4) is 0 Å². The summed E-state index contributed by atoms with van der Waals surface area (Å²) in [7, 11) is 0. The van der Waals surface area contributed by atoms with Gasteiger partial charge in [0.05, 0.1) is 0 Å². The average Bonchev–Trinajstić information content (AvgIpc) is 2.75. The van der Waals surface area contributed by atoms with E-state index in [0.29, 0.717) is 5.92 Å². The van der Waals surface area contributed by atoms with Gasteiger partial charge in [-0.3, -0.25) is 0 Å². The van der Waals surface area contributed by atoms with Crippen LogP contribution in [0.4, 0.5) is 0 Å². The van der Waals surface area contributed by atoms with Crippen LogP contribution < -0.4 is 0 Å². The van der Waals surface area contributed by atoms with Gasteiger partial charge in [-0.2, -0.15) is 11.3 Å². The molecule has 0 saturated heterocycles. The molecule has 18 heavy (non-hydrogen) atoms. The minimum absolute atomic E-state index is 0.496. The van der Waals surface area contributed by atoms with Gasteiger partial charge in [0, 0.05) is 0 Å². The zero-order valence-electron chi connectivity index (χ0n) is 11.2. The van der Waals surface area contributed by atoms with E-state index in [1.54, 1.807) is 11.3 Å². The van der Waals surface area contributed by atoms with E-state index in [2.05, 4.69) is 31.4 Å². The quantitative estimate of drug-likeness (QED) is 0.867. The van der Waals surface area contributed by atoms with Gasteiger partial charge >= 0.3 is 0 Å². The Labute approximate surface area is 113 Å². The van der Waals surface area contributed by atoms with Crippen molar-refractivity contribution in [2.24, 2.45) is 5.92 Å². The Morgan fingerprint density at radius 3 is 2.28 bits per heavy atom. The van der Waals surface area contributed by atoms with Crippen LogP contribution in [-0.2, 0) is 6.42 Å². The lowest BCUT2D eigenvalue weighted by Crippen LogP contribution is -2.00. The summed E-state index contributed by atoms with van der Waals surface area (Å²) in [5, 5.41) is 14.4. The summed E-state index contributed by atoms with van der Waals surface area (Å²) in [6.07, 6.45) is 0.595. The van der Waals surface area contributed by atoms with Crippen molar-refractivity contribution in [2.45, 2.75) is 33.3 Å². The van der Waals surface area contributed by atoms with Crippen molar-refractivity contribution in [1.82, 2.24) is 0 Å². The summed E-state index contributed by atoms with van der Waals surface area (Å²) in [6.45, 7) is 6.48. The van der Waals surface area contributed by atoms with Crippen LogP contribution in [0.3, 0.4) is 0 Å². The van der Waals surface area contributed by atoms with Gasteiger partial charge in [0.25, 0.3) is 0 Å². The van der Waals surface area contributed by atoms with Gasteiger partial charge in [-0.05, 0) is 52.3 Å². The van der Waals surface area contributed by atoms with E-state index in [4.69, 9.17) is 0 Å². The third-order valence-corrected chi connectivity index (χ3v) is 4.01. The van der Waals surface area contributed by atoms with Crippen LogP contribution in [0.1, 0.15) is 42.2 Å². The molecule has 1 unspecified atom stereocenters. The molecule has 96 valence electrons. The lowest BCUT2D eigenvalue weighted by Gasteiger charge is -2.12. The van der Waals surface area contributed by atoms with Crippen molar-refractivity contribution in [1.29, 1.82) is 0 Å². The Balaban J connectivity index is 2.17. The van der Waals surface area contributed by atoms with E-state index in [1.807, 2.05) is 24.4 Å². The highest BCUT2D eigenvalue weighted by Gasteiger charge is 2.13. The molecular weight excluding hydrogens is 240 g/mol. The first-order valence-corrected chi connectivity index (χ1v) is 7.31. The molecule has 1 nitrogen and oxygen atoms in total. The monoisotopic (exact) mass is 260 g/mol. The number of hydrogen-bond acceptors (Lipinski definition) is 2. The molecule has 0 saturated carbocycles. The molecule has 1 heterocycles. The fourth-order valence-electron chi connectivity index (χ4n) is 2.14. The smallest absolute Gasteiger partial charge is 0.105 e. The van der Waals surface area contributed by atoms with Crippen LogP contribution >= 0.6 is 11.3 Å². The van der Waals surface area contributed by atoms with Crippen molar-refractivity contribution < 1.29 is 5.11 Å². The van der Waals surface area contributed by atoms with Crippen molar-refractivity contribution >= 4 is 11.3 Å². The maximum atomic E-state index is 10.3. The summed E-state index contributed by atoms with van der Waals surface area (Å²) in [5.41, 5.74) is 4.50. The molecule has 2 aromatic rings. The highest BCUT2D eigenvalue weighted by molar-refractivity contribution is 7.08. The molecule has 0 fully saturated rings. The summed E-state index contributed by atoms with van der Waals surface area (Å²) in [4.78, 5) is 0. The van der Waals surface area contributed by atoms with E-state index in [9.17, 15) is 5.11 Å². The second-order valence-electron chi connectivity index (χ2n) is 5.25. The number of benzene rings is 1. The molecular formula is C16H20OS. The van der Waals surface area contributed by atoms with Crippen LogP contribution in [0.2, 0.25) is 0 Å². The zero-order chi connectivity index (χ0) is 13.1. The SMILES string of the molecule is Cc1cscc1C(O)c1ccc(CC(C)C)cc1. The predicted octanol–water partition coefficient (Wildman–Crippen LogP) is 4.34. The van der Waals surface area contributed by atoms with Crippen LogP contribution in [0, 0.1) is 12.8 Å². The second kappa shape index (κ2) is 5.68. The molecule has 1 atom stereocenters. The Kier molecular flexibility index (Phi) is 4.20. The molecule has 0 spiro atoms. The van der Waals surface area contributed by atoms with Gasteiger partial charge in [0.15, 0.2) is 0 Å². The summed E-state index contributed by atoms with van der Waals surface area (Å²) in [5.74, 6) is 0.667. The third kappa shape index (κ3) is 3.01. The summed E-state index contributed by atoms with van der Waals surface area (Å²) in [6, 6.07) is 8.33. The molecule has 0 bridgehead atoms. The number of hydrogen-bond donors (Lipinski definition) is 1. The van der Waals surface area contributed by atoms with Crippen molar-refractivity contribution in [2.75, 3.05) is 0 Å². The lowest BCUT2D eigenvalue weighted by atomic mass is 9.97. The molecule has 0 aliphatic carbocycles. The molecule has 1 aromatic carbocycles. The molecule has 0 aliphatic rings. The van der Waals surface area contributed by atoms with E-state index >= 15 is 0 Å². The minimum Gasteiger partial charge on any atom is -0.384 e. The standard InChI is InChI=1S/C16H20OS/c1-11(2)8-13-4-6-14(7-5-13)16(17)15-10-18-9-12(15)3/h4-7,9-11,16-17H,8H2,1-3H3. The first-order chi connectivity index (χ1) is 8.58. The highest BCUT2D eigenvalue weighted by Crippen LogP contribution is 2.27. The normalized spacial score (nSPS) is 12.9. The van der Waals surface area contributed by atoms with Crippen LogP contribution in [-0.4, -0.2) is 5.11 Å². The van der Waals surface area contributed by atoms with Gasteiger partial charge < -0.3 is 5.11 Å². The van der Waals surface area contributed by atoms with E-state index in [-0.39, 0.29) is 0 Å². The molecule has 1 N–H and O–H groups in total. The molecule has 0 aliphatic heterocycles. The lowest BCUT2D eigenvalue weighted by molar-refractivity contribution is 0.220. The van der Waals surface area contributed by atoms with Crippen molar-refractivity contribution in [3.63, 3.8) is 0 Å². The summed E-state index contributed by atoms with van der Waals surface area (Å²) < 4.78 is 0. The molecule has 0 amide bonds. The molecule has 0 radical (unpaired) electrons. The first-order valence-electron chi connectivity index (χ1n) is 6.37. The van der Waals surface area contributed by atoms with E-state index in [1.165, 1.54) is 11.1 Å². The van der Waals surface area contributed by atoms with Crippen LogP contribution in [0.15, 0.2) is 35.0 Å². The number of aryl methyl sites for hydroxylation is 1. The minimum atomic E-state index is -0.496. The Bertz CT molecular complexity index is 496. The highest BCUT2D eigenvalue weighted by atomic mass is 32.1. The summed E-state index contributed by atoms with van der Waals surface area (Å²) >= 11 is 1.64. The zero-order valence-corrected chi connectivity index (χ0v) is 12.0. The maximum Gasteiger partial charge on any atom is 0.105 e. The van der Waals surface area contributed by atoms with Crippen LogP contribution in [0.5, 0.6) is 0 Å². The van der Waals surface area contributed by atoms with E-state index < -0.39 is 6.10 Å². The van der Waals surface area contributed by atoms with Gasteiger partial charge in [-0.25, -0.2) is 0 Å². The predicted molar refractivity (Wildman–Crippen MR) is 78.1 cm³/mol. The number of thiophene rings is 1. The van der Waals surface area contributed by atoms with Crippen LogP contribution in [0.25, 0.3) is 0 Å². The Hall–Kier alpha value is -1.12. The second-order valence-corrected chi connectivity index (χ2v) is 6.00. The Morgan fingerprint density at radius 2 is 1.78 bits per heavy atom. The Morgan fingerprint density at radius 1 is 1.11 bits per heavy atom. The van der Waals surface area contributed by atoms with Gasteiger partial charge in [0.1, 0.15) is 6.10 Å². The fraction of sp³-hybridized carbons (Fsp3) is 0.375. The van der Waals surface area contributed by atoms with Gasteiger partial charge in [0.2, 0.25) is 0 Å². The molecule has 2 heteroatoms. The van der Waals surface area contributed by atoms with Gasteiger partial charge in [-0.15, -0.1) is 0 Å². The number of aliphatic hydroxyl groups is 1. The number of aliphatic hydroxyl groups excluding tert-OH is 1.